The van der Waals surface area contributed by atoms with E-state index in [0.29, 0.717) is 12.4 Å². The van der Waals surface area contributed by atoms with Gasteiger partial charge in [-0.3, -0.25) is 9.69 Å². The number of benzene rings is 1. The quantitative estimate of drug-likeness (QED) is 0.654. The van der Waals surface area contributed by atoms with Crippen LogP contribution in [0.15, 0.2) is 45.5 Å². The van der Waals surface area contributed by atoms with Gasteiger partial charge in [0.2, 0.25) is 17.7 Å². The van der Waals surface area contributed by atoms with Crippen molar-refractivity contribution in [3.63, 3.8) is 0 Å². The minimum absolute atomic E-state index is 0.202. The van der Waals surface area contributed by atoms with Gasteiger partial charge < -0.3 is 9.32 Å². The van der Waals surface area contributed by atoms with E-state index >= 15 is 0 Å². The molecule has 0 aliphatic carbocycles. The predicted octanol–water partition coefficient (Wildman–Crippen LogP) is 3.96. The molecule has 3 aromatic rings. The molecule has 5 rings (SSSR count). The van der Waals surface area contributed by atoms with Gasteiger partial charge in [0, 0.05) is 29.1 Å². The molecule has 1 saturated heterocycles. The van der Waals surface area contributed by atoms with E-state index in [0.717, 1.165) is 62.5 Å². The molecular weight excluding hydrogens is 384 g/mol. The molecule has 0 bridgehead atoms. The molecule has 1 aromatic carbocycles. The van der Waals surface area contributed by atoms with Crippen LogP contribution in [0.25, 0.3) is 11.5 Å². The molecule has 0 radical (unpaired) electrons. The van der Waals surface area contributed by atoms with Crippen LogP contribution >= 0.6 is 11.3 Å². The Morgan fingerprint density at radius 1 is 1.14 bits per heavy atom. The van der Waals surface area contributed by atoms with Crippen molar-refractivity contribution in [1.29, 1.82) is 0 Å². The average molecular weight is 409 g/mol. The Hall–Kier alpha value is -2.51. The predicted molar refractivity (Wildman–Crippen MR) is 113 cm³/mol. The summed E-state index contributed by atoms with van der Waals surface area (Å²) < 4.78 is 5.91. The number of aromatic nitrogens is 2. The molecule has 0 unspecified atom stereocenters. The number of anilines is 1. The second-order valence-corrected chi connectivity index (χ2v) is 8.57. The monoisotopic (exact) mass is 408 g/mol. The van der Waals surface area contributed by atoms with Crippen molar-refractivity contribution in [2.45, 2.75) is 31.6 Å². The highest BCUT2D eigenvalue weighted by Crippen LogP contribution is 2.31. The van der Waals surface area contributed by atoms with E-state index in [1.807, 2.05) is 27.8 Å². The van der Waals surface area contributed by atoms with Crippen molar-refractivity contribution in [2.24, 2.45) is 0 Å². The van der Waals surface area contributed by atoms with E-state index in [4.69, 9.17) is 4.42 Å². The molecule has 1 fully saturated rings. The average Bonchev–Trinajstić information content (AvgIpc) is 3.46. The topological polar surface area (TPSA) is 62.5 Å². The van der Waals surface area contributed by atoms with Crippen molar-refractivity contribution < 1.29 is 9.21 Å². The van der Waals surface area contributed by atoms with E-state index in [-0.39, 0.29) is 11.8 Å². The molecule has 1 amide bonds. The summed E-state index contributed by atoms with van der Waals surface area (Å²) in [4.78, 5) is 17.2. The number of nitrogens with zero attached hydrogens (tertiary/aromatic N) is 4. The molecule has 2 aliphatic heterocycles. The number of carbonyl (C=O) groups excluding carboxylic acids is 1. The highest BCUT2D eigenvalue weighted by molar-refractivity contribution is 7.08. The lowest BCUT2D eigenvalue weighted by Gasteiger charge is -2.34. The van der Waals surface area contributed by atoms with Gasteiger partial charge in [0.25, 0.3) is 0 Å². The summed E-state index contributed by atoms with van der Waals surface area (Å²) in [5.41, 5.74) is 3.35. The lowest BCUT2D eigenvalue weighted by molar-refractivity contribution is -0.120. The smallest absolute Gasteiger partial charge is 0.248 e. The second-order valence-electron chi connectivity index (χ2n) is 7.79. The molecule has 2 aliphatic rings. The number of piperidine rings is 1. The number of hydrogen-bond acceptors (Lipinski definition) is 6. The number of carbonyl (C=O) groups is 1. The number of para-hydroxylation sites is 1. The van der Waals surface area contributed by atoms with Gasteiger partial charge in [-0.2, -0.15) is 11.3 Å². The molecule has 6 nitrogen and oxygen atoms in total. The zero-order valence-corrected chi connectivity index (χ0v) is 17.1. The largest absolute Gasteiger partial charge is 0.420 e. The zero-order valence-electron chi connectivity index (χ0n) is 16.3. The summed E-state index contributed by atoms with van der Waals surface area (Å²) in [5.74, 6) is 1.80. The van der Waals surface area contributed by atoms with Crippen LogP contribution in [0.2, 0.25) is 0 Å². The maximum absolute atomic E-state index is 13.0. The number of likely N-dealkylation sites (tertiary alicyclic amines) is 1. The third-order valence-corrected chi connectivity index (χ3v) is 6.60. The molecule has 0 atom stereocenters. The lowest BCUT2D eigenvalue weighted by Crippen LogP contribution is -2.45. The van der Waals surface area contributed by atoms with Crippen molar-refractivity contribution >= 4 is 22.9 Å². The Balaban J connectivity index is 1.18. The third-order valence-electron chi connectivity index (χ3n) is 5.92. The summed E-state index contributed by atoms with van der Waals surface area (Å²) in [6.07, 6.45) is 3.97. The van der Waals surface area contributed by atoms with Crippen LogP contribution < -0.4 is 4.90 Å². The fourth-order valence-corrected chi connectivity index (χ4v) is 4.94. The van der Waals surface area contributed by atoms with E-state index in [1.165, 1.54) is 5.56 Å². The second kappa shape index (κ2) is 8.08. The van der Waals surface area contributed by atoms with Gasteiger partial charge in [0.1, 0.15) is 0 Å². The first-order valence-electron chi connectivity index (χ1n) is 10.2. The van der Waals surface area contributed by atoms with Crippen LogP contribution in [0.4, 0.5) is 5.69 Å². The van der Waals surface area contributed by atoms with E-state index < -0.39 is 0 Å². The zero-order chi connectivity index (χ0) is 19.6. The van der Waals surface area contributed by atoms with Crippen molar-refractivity contribution in [2.75, 3.05) is 31.1 Å². The standard InChI is InChI=1S/C22H24N4O2S/c27-20(26-10-3-5-16-4-1-2-6-19(16)26)14-25-11-7-17(8-12-25)21-23-24-22(28-21)18-9-13-29-15-18/h1-2,4,6,9,13,15,17H,3,5,7-8,10-12,14H2. The Labute approximate surface area is 174 Å². The van der Waals surface area contributed by atoms with Crippen molar-refractivity contribution in [3.8, 4) is 11.5 Å². The summed E-state index contributed by atoms with van der Waals surface area (Å²) in [6.45, 7) is 3.05. The van der Waals surface area contributed by atoms with Gasteiger partial charge in [-0.25, -0.2) is 0 Å². The Morgan fingerprint density at radius 3 is 2.83 bits per heavy atom. The molecule has 29 heavy (non-hydrogen) atoms. The van der Waals surface area contributed by atoms with Gasteiger partial charge >= 0.3 is 0 Å². The first kappa shape index (κ1) is 18.5. The van der Waals surface area contributed by atoms with Gasteiger partial charge in [0.15, 0.2) is 0 Å². The third kappa shape index (κ3) is 3.84. The fraction of sp³-hybridized carbons (Fsp3) is 0.409. The first-order chi connectivity index (χ1) is 14.3. The summed E-state index contributed by atoms with van der Waals surface area (Å²) >= 11 is 1.62. The summed E-state index contributed by atoms with van der Waals surface area (Å²) in [7, 11) is 0. The molecular formula is C22H24N4O2S. The minimum atomic E-state index is 0.202. The molecule has 0 spiro atoms. The first-order valence-corrected chi connectivity index (χ1v) is 11.2. The lowest BCUT2D eigenvalue weighted by atomic mass is 9.96. The number of aryl methyl sites for hydroxylation is 1. The van der Waals surface area contributed by atoms with Gasteiger partial charge in [0.05, 0.1) is 6.54 Å². The van der Waals surface area contributed by atoms with Crippen LogP contribution in [-0.2, 0) is 11.2 Å². The van der Waals surface area contributed by atoms with Gasteiger partial charge in [-0.15, -0.1) is 10.2 Å². The van der Waals surface area contributed by atoms with Gasteiger partial charge in [-0.05, 0) is 61.8 Å². The number of thiophene rings is 1. The normalized spacial score (nSPS) is 18.0. The molecule has 150 valence electrons. The van der Waals surface area contributed by atoms with Gasteiger partial charge in [-0.1, -0.05) is 18.2 Å². The Morgan fingerprint density at radius 2 is 2.00 bits per heavy atom. The highest BCUT2D eigenvalue weighted by Gasteiger charge is 2.28. The van der Waals surface area contributed by atoms with Crippen LogP contribution in [0.3, 0.4) is 0 Å². The number of hydrogen-bond donors (Lipinski definition) is 0. The molecule has 0 N–H and O–H groups in total. The fourth-order valence-electron chi connectivity index (χ4n) is 4.31. The van der Waals surface area contributed by atoms with Crippen molar-refractivity contribution in [1.82, 2.24) is 15.1 Å². The molecule has 0 saturated carbocycles. The Kier molecular flexibility index (Phi) is 5.16. The van der Waals surface area contributed by atoms with Crippen LogP contribution in [-0.4, -0.2) is 47.2 Å². The number of rotatable bonds is 4. The number of amides is 1. The molecule has 2 aromatic heterocycles. The van der Waals surface area contributed by atoms with Crippen LogP contribution in [0.5, 0.6) is 0 Å². The summed E-state index contributed by atoms with van der Waals surface area (Å²) in [5, 5.41) is 12.5. The summed E-state index contributed by atoms with van der Waals surface area (Å²) in [6, 6.07) is 10.3. The molecule has 7 heteroatoms. The Bertz CT molecular complexity index is 976. The van der Waals surface area contributed by atoms with E-state index in [2.05, 4.69) is 33.3 Å². The highest BCUT2D eigenvalue weighted by atomic mass is 32.1. The van der Waals surface area contributed by atoms with Crippen LogP contribution in [0, 0.1) is 0 Å². The van der Waals surface area contributed by atoms with Crippen LogP contribution in [0.1, 0.15) is 36.6 Å². The van der Waals surface area contributed by atoms with Crippen molar-refractivity contribution in [3.05, 3.63) is 52.5 Å². The SMILES string of the molecule is O=C(CN1CCC(c2nnc(-c3ccsc3)o2)CC1)N1CCCc2ccccc21. The van der Waals surface area contributed by atoms with E-state index in [9.17, 15) is 4.79 Å². The van der Waals surface area contributed by atoms with E-state index in [1.54, 1.807) is 11.3 Å². The molecule has 4 heterocycles. The maximum atomic E-state index is 13.0. The number of fused-ring (bicyclic) bond motifs is 1. The maximum Gasteiger partial charge on any atom is 0.248 e. The minimum Gasteiger partial charge on any atom is -0.420 e.